The van der Waals surface area contributed by atoms with Crippen LogP contribution in [0.2, 0.25) is 0 Å². The van der Waals surface area contributed by atoms with Gasteiger partial charge in [0, 0.05) is 15.8 Å². The van der Waals surface area contributed by atoms with E-state index in [2.05, 4.69) is 27.9 Å². The summed E-state index contributed by atoms with van der Waals surface area (Å²) in [5, 5.41) is 2.92. The highest BCUT2D eigenvalue weighted by Crippen LogP contribution is 2.22. The fourth-order valence-electron chi connectivity index (χ4n) is 2.05. The largest absolute Gasteiger partial charge is 0.364 e. The molecule has 4 nitrogen and oxygen atoms in total. The predicted octanol–water partition coefficient (Wildman–Crippen LogP) is 2.04. The summed E-state index contributed by atoms with van der Waals surface area (Å²) in [5.74, 6) is -0.0738. The van der Waals surface area contributed by atoms with Crippen LogP contribution < -0.4 is 11.1 Å². The maximum absolute atomic E-state index is 12.0. The molecule has 0 saturated carbocycles. The van der Waals surface area contributed by atoms with E-state index in [1.54, 1.807) is 0 Å². The normalized spacial score (nSPS) is 23.1. The molecule has 0 radical (unpaired) electrons. The van der Waals surface area contributed by atoms with Crippen molar-refractivity contribution in [3.63, 3.8) is 0 Å². The minimum atomic E-state index is -0.364. The van der Waals surface area contributed by atoms with E-state index >= 15 is 0 Å². The second-order valence-electron chi connectivity index (χ2n) is 4.51. The molecule has 5 heteroatoms. The highest BCUT2D eigenvalue weighted by Gasteiger charge is 2.29. The molecule has 98 valence electrons. The number of hydrogen-bond donors (Lipinski definition) is 2. The number of nitrogens with one attached hydrogen (secondary N) is 1. The molecule has 1 fully saturated rings. The number of ether oxygens (including phenoxy) is 1. The van der Waals surface area contributed by atoms with Gasteiger partial charge in [0.25, 0.3) is 5.91 Å². The second kappa shape index (κ2) is 5.99. The molecular formula is C13H17IN2O2. The molecule has 1 aliphatic rings. The van der Waals surface area contributed by atoms with Crippen LogP contribution >= 0.6 is 22.6 Å². The van der Waals surface area contributed by atoms with Crippen LogP contribution in [-0.2, 0) is 9.53 Å². The Labute approximate surface area is 120 Å². The molecule has 1 amide bonds. The third kappa shape index (κ3) is 3.21. The number of carbonyl (C=O) groups excluding carboxylic acids is 1. The average Bonchev–Trinajstić information content (AvgIpc) is 2.81. The fourth-order valence-corrected chi connectivity index (χ4v) is 2.70. The lowest BCUT2D eigenvalue weighted by Gasteiger charge is -2.14. The van der Waals surface area contributed by atoms with Crippen LogP contribution in [0, 0.1) is 10.5 Å². The smallest absolute Gasteiger partial charge is 0.253 e. The van der Waals surface area contributed by atoms with E-state index in [0.717, 1.165) is 27.7 Å². The Hall–Kier alpha value is -0.660. The van der Waals surface area contributed by atoms with E-state index in [1.165, 1.54) is 0 Å². The van der Waals surface area contributed by atoms with Crippen molar-refractivity contribution in [3.8, 4) is 0 Å². The van der Waals surface area contributed by atoms with Crippen LogP contribution in [0.1, 0.15) is 18.4 Å². The first-order valence-electron chi connectivity index (χ1n) is 6.02. The van der Waals surface area contributed by atoms with Gasteiger partial charge in [0.2, 0.25) is 0 Å². The van der Waals surface area contributed by atoms with Gasteiger partial charge in [-0.25, -0.2) is 0 Å². The van der Waals surface area contributed by atoms with Crippen LogP contribution in [0.4, 0.5) is 5.69 Å². The van der Waals surface area contributed by atoms with E-state index in [4.69, 9.17) is 10.5 Å². The molecule has 0 bridgehead atoms. The summed E-state index contributed by atoms with van der Waals surface area (Å²) >= 11 is 2.25. The van der Waals surface area contributed by atoms with Crippen LogP contribution in [0.5, 0.6) is 0 Å². The summed E-state index contributed by atoms with van der Waals surface area (Å²) in [4.78, 5) is 12.0. The molecule has 1 aromatic carbocycles. The van der Waals surface area contributed by atoms with E-state index in [9.17, 15) is 4.79 Å². The fraction of sp³-hybridized carbons (Fsp3) is 0.462. The molecule has 2 unspecified atom stereocenters. The van der Waals surface area contributed by atoms with Crippen LogP contribution in [0.3, 0.4) is 0 Å². The Morgan fingerprint density at radius 3 is 2.94 bits per heavy atom. The van der Waals surface area contributed by atoms with Crippen LogP contribution in [0.25, 0.3) is 0 Å². The van der Waals surface area contributed by atoms with Gasteiger partial charge in [0.05, 0.1) is 6.10 Å². The maximum Gasteiger partial charge on any atom is 0.253 e. The Morgan fingerprint density at radius 1 is 1.56 bits per heavy atom. The number of nitrogens with two attached hydrogens (primary N) is 1. The third-order valence-electron chi connectivity index (χ3n) is 3.11. The first kappa shape index (κ1) is 13.8. The van der Waals surface area contributed by atoms with Crippen LogP contribution in [0.15, 0.2) is 18.2 Å². The van der Waals surface area contributed by atoms with Gasteiger partial charge in [-0.2, -0.15) is 0 Å². The van der Waals surface area contributed by atoms with Crippen molar-refractivity contribution in [2.75, 3.05) is 11.9 Å². The van der Waals surface area contributed by atoms with Crippen molar-refractivity contribution in [2.24, 2.45) is 5.73 Å². The van der Waals surface area contributed by atoms with Gasteiger partial charge < -0.3 is 15.8 Å². The molecule has 18 heavy (non-hydrogen) atoms. The molecule has 2 atom stereocenters. The first-order chi connectivity index (χ1) is 8.60. The lowest BCUT2D eigenvalue weighted by atomic mass is 10.1. The molecule has 1 aliphatic heterocycles. The van der Waals surface area contributed by atoms with Crippen molar-refractivity contribution < 1.29 is 9.53 Å². The topological polar surface area (TPSA) is 64.4 Å². The van der Waals surface area contributed by atoms with Gasteiger partial charge in [-0.15, -0.1) is 0 Å². The highest BCUT2D eigenvalue weighted by molar-refractivity contribution is 14.1. The lowest BCUT2D eigenvalue weighted by molar-refractivity contribution is -0.126. The van der Waals surface area contributed by atoms with E-state index in [1.807, 2.05) is 25.1 Å². The quantitative estimate of drug-likeness (QED) is 0.811. The van der Waals surface area contributed by atoms with Gasteiger partial charge in [0.1, 0.15) is 6.10 Å². The zero-order valence-electron chi connectivity index (χ0n) is 10.3. The molecule has 1 saturated heterocycles. The SMILES string of the molecule is Cc1cc(I)ccc1NC(=O)C1CCC(CN)O1. The number of benzene rings is 1. The van der Waals surface area contributed by atoms with Crippen molar-refractivity contribution in [3.05, 3.63) is 27.3 Å². The number of hydrogen-bond acceptors (Lipinski definition) is 3. The Balaban J connectivity index is 1.99. The summed E-state index contributed by atoms with van der Waals surface area (Å²) in [6, 6.07) is 5.93. The van der Waals surface area contributed by atoms with Crippen molar-refractivity contribution >= 4 is 34.2 Å². The molecule has 0 aliphatic carbocycles. The summed E-state index contributed by atoms with van der Waals surface area (Å²) in [6.45, 7) is 2.46. The molecular weight excluding hydrogens is 343 g/mol. The summed E-state index contributed by atoms with van der Waals surface area (Å²) in [5.41, 5.74) is 7.44. The predicted molar refractivity (Wildman–Crippen MR) is 79.5 cm³/mol. The first-order valence-corrected chi connectivity index (χ1v) is 7.10. The van der Waals surface area contributed by atoms with Gasteiger partial charge in [-0.1, -0.05) is 0 Å². The van der Waals surface area contributed by atoms with E-state index in [-0.39, 0.29) is 18.1 Å². The zero-order valence-corrected chi connectivity index (χ0v) is 12.4. The Kier molecular flexibility index (Phi) is 4.58. The third-order valence-corrected chi connectivity index (χ3v) is 3.78. The summed E-state index contributed by atoms with van der Waals surface area (Å²) in [6.07, 6.45) is 1.27. The van der Waals surface area contributed by atoms with Crippen molar-refractivity contribution in [2.45, 2.75) is 32.0 Å². The summed E-state index contributed by atoms with van der Waals surface area (Å²) < 4.78 is 6.73. The number of aryl methyl sites for hydroxylation is 1. The highest BCUT2D eigenvalue weighted by atomic mass is 127. The van der Waals surface area contributed by atoms with E-state index < -0.39 is 0 Å². The minimum Gasteiger partial charge on any atom is -0.364 e. The zero-order chi connectivity index (χ0) is 13.1. The van der Waals surface area contributed by atoms with Gasteiger partial charge in [-0.3, -0.25) is 4.79 Å². The summed E-state index contributed by atoms with van der Waals surface area (Å²) in [7, 11) is 0. The standard InChI is InChI=1S/C13H17IN2O2/c1-8-6-9(14)2-4-11(8)16-13(17)12-5-3-10(7-15)18-12/h2,4,6,10,12H,3,5,7,15H2,1H3,(H,16,17). The number of rotatable bonds is 3. The molecule has 0 aromatic heterocycles. The van der Waals surface area contributed by atoms with Gasteiger partial charge in [-0.05, 0) is 66.1 Å². The average molecular weight is 360 g/mol. The number of amides is 1. The maximum atomic E-state index is 12.0. The van der Waals surface area contributed by atoms with Gasteiger partial charge >= 0.3 is 0 Å². The Bertz CT molecular complexity index is 451. The molecule has 1 heterocycles. The molecule has 3 N–H and O–H groups in total. The number of halogens is 1. The number of carbonyl (C=O) groups is 1. The molecule has 2 rings (SSSR count). The Morgan fingerprint density at radius 2 is 2.33 bits per heavy atom. The molecule has 0 spiro atoms. The minimum absolute atomic E-state index is 0.0265. The molecule has 1 aromatic rings. The van der Waals surface area contributed by atoms with Crippen LogP contribution in [-0.4, -0.2) is 24.7 Å². The second-order valence-corrected chi connectivity index (χ2v) is 5.75. The lowest BCUT2D eigenvalue weighted by Crippen LogP contribution is -2.30. The van der Waals surface area contributed by atoms with Crippen molar-refractivity contribution in [1.29, 1.82) is 0 Å². The monoisotopic (exact) mass is 360 g/mol. The van der Waals surface area contributed by atoms with Gasteiger partial charge in [0.15, 0.2) is 0 Å². The number of anilines is 1. The van der Waals surface area contributed by atoms with Crippen molar-refractivity contribution in [1.82, 2.24) is 0 Å². The van der Waals surface area contributed by atoms with E-state index in [0.29, 0.717) is 6.54 Å².